The average Bonchev–Trinajstić information content (AvgIpc) is 2.15. The van der Waals surface area contributed by atoms with Gasteiger partial charge in [-0.3, -0.25) is 10.1 Å². The summed E-state index contributed by atoms with van der Waals surface area (Å²) in [4.78, 5) is 13.5. The summed E-state index contributed by atoms with van der Waals surface area (Å²) in [5.41, 5.74) is -0.654. The number of nitrogens with zero attached hydrogens (tertiary/aromatic N) is 2. The lowest BCUT2D eigenvalue weighted by molar-refractivity contribution is -0.386. The number of aromatic nitrogens is 1. The van der Waals surface area contributed by atoms with E-state index in [-0.39, 0.29) is 20.3 Å². The van der Waals surface area contributed by atoms with Crippen LogP contribution in [0.15, 0.2) is 6.07 Å². The van der Waals surface area contributed by atoms with Gasteiger partial charge in [0.1, 0.15) is 11.4 Å². The van der Waals surface area contributed by atoms with E-state index in [1.807, 2.05) is 0 Å². The third kappa shape index (κ3) is 2.80. The van der Waals surface area contributed by atoms with Crippen molar-refractivity contribution in [1.82, 2.24) is 4.98 Å². The first-order valence-corrected chi connectivity index (χ1v) is 5.85. The molecule has 0 unspecified atom stereocenters. The lowest BCUT2D eigenvalue weighted by Gasteiger charge is -2.04. The van der Waals surface area contributed by atoms with Gasteiger partial charge in [-0.2, -0.15) is 0 Å². The zero-order valence-electron chi connectivity index (χ0n) is 7.08. The Labute approximate surface area is 105 Å². The minimum atomic E-state index is -2.72. The van der Waals surface area contributed by atoms with Crippen LogP contribution in [0.3, 0.4) is 0 Å². The SMILES string of the molecule is O=[N+]([O-])c1c(I)cc(C(F)F)nc1CBr. The van der Waals surface area contributed by atoms with Crippen molar-refractivity contribution in [1.29, 1.82) is 0 Å². The molecule has 0 amide bonds. The van der Waals surface area contributed by atoms with Crippen LogP contribution >= 0.6 is 38.5 Å². The molecule has 8 heteroatoms. The van der Waals surface area contributed by atoms with E-state index in [2.05, 4.69) is 20.9 Å². The molecule has 0 fully saturated rings. The molecule has 1 aromatic heterocycles. The number of hydrogen-bond acceptors (Lipinski definition) is 3. The van der Waals surface area contributed by atoms with Gasteiger partial charge in [-0.15, -0.1) is 0 Å². The van der Waals surface area contributed by atoms with E-state index < -0.39 is 17.0 Å². The lowest BCUT2D eigenvalue weighted by atomic mass is 10.3. The van der Waals surface area contributed by atoms with Gasteiger partial charge in [0.2, 0.25) is 0 Å². The van der Waals surface area contributed by atoms with E-state index in [4.69, 9.17) is 0 Å². The predicted molar refractivity (Wildman–Crippen MR) is 61.2 cm³/mol. The summed E-state index contributed by atoms with van der Waals surface area (Å²) < 4.78 is 24.9. The molecule has 0 saturated carbocycles. The second-order valence-electron chi connectivity index (χ2n) is 2.52. The fourth-order valence-electron chi connectivity index (χ4n) is 0.975. The smallest absolute Gasteiger partial charge is 0.258 e. The van der Waals surface area contributed by atoms with Crippen molar-refractivity contribution in [2.75, 3.05) is 0 Å². The number of alkyl halides is 3. The van der Waals surface area contributed by atoms with Crippen molar-refractivity contribution >= 4 is 44.2 Å². The van der Waals surface area contributed by atoms with Crippen LogP contribution in [0.5, 0.6) is 0 Å². The van der Waals surface area contributed by atoms with Crippen molar-refractivity contribution in [3.63, 3.8) is 0 Å². The molecule has 0 aromatic carbocycles. The number of hydrogen-bond donors (Lipinski definition) is 0. The Hall–Kier alpha value is -0.380. The van der Waals surface area contributed by atoms with Gasteiger partial charge in [-0.05, 0) is 28.7 Å². The Bertz CT molecular complexity index is 403. The highest BCUT2D eigenvalue weighted by Gasteiger charge is 2.23. The van der Waals surface area contributed by atoms with Gasteiger partial charge in [0.15, 0.2) is 0 Å². The number of rotatable bonds is 3. The number of pyridine rings is 1. The van der Waals surface area contributed by atoms with Crippen LogP contribution in [0.25, 0.3) is 0 Å². The molecule has 1 rings (SSSR count). The summed E-state index contributed by atoms with van der Waals surface area (Å²) in [6.07, 6.45) is -2.72. The van der Waals surface area contributed by atoms with Crippen molar-refractivity contribution < 1.29 is 13.7 Å². The fourth-order valence-corrected chi connectivity index (χ4v) is 2.19. The van der Waals surface area contributed by atoms with Gasteiger partial charge in [0.05, 0.1) is 13.8 Å². The molecule has 0 aliphatic rings. The molecule has 1 aromatic rings. The molecule has 4 nitrogen and oxygen atoms in total. The first-order chi connectivity index (χ1) is 6.97. The van der Waals surface area contributed by atoms with Gasteiger partial charge in [0.25, 0.3) is 6.43 Å². The molecule has 0 radical (unpaired) electrons. The fraction of sp³-hybridized carbons (Fsp3) is 0.286. The molecule has 15 heavy (non-hydrogen) atoms. The molecule has 0 bridgehead atoms. The zero-order valence-corrected chi connectivity index (χ0v) is 10.8. The largest absolute Gasteiger partial charge is 0.304 e. The molecule has 0 atom stereocenters. The molecule has 1 heterocycles. The Morgan fingerprint density at radius 3 is 2.67 bits per heavy atom. The van der Waals surface area contributed by atoms with Gasteiger partial charge in [-0.1, -0.05) is 15.9 Å². The highest BCUT2D eigenvalue weighted by molar-refractivity contribution is 14.1. The quantitative estimate of drug-likeness (QED) is 0.343. The topological polar surface area (TPSA) is 56.0 Å². The van der Waals surface area contributed by atoms with Gasteiger partial charge >= 0.3 is 5.69 Å². The highest BCUT2D eigenvalue weighted by Crippen LogP contribution is 2.29. The molecule has 82 valence electrons. The van der Waals surface area contributed by atoms with Gasteiger partial charge < -0.3 is 0 Å². The van der Waals surface area contributed by atoms with Crippen molar-refractivity contribution in [2.45, 2.75) is 11.8 Å². The zero-order chi connectivity index (χ0) is 11.6. The van der Waals surface area contributed by atoms with Crippen LogP contribution in [-0.4, -0.2) is 9.91 Å². The van der Waals surface area contributed by atoms with Crippen molar-refractivity contribution in [3.8, 4) is 0 Å². The second-order valence-corrected chi connectivity index (χ2v) is 4.24. The van der Waals surface area contributed by atoms with E-state index in [9.17, 15) is 18.9 Å². The third-order valence-corrected chi connectivity index (χ3v) is 2.92. The molecule has 0 saturated heterocycles. The Morgan fingerprint density at radius 2 is 2.27 bits per heavy atom. The van der Waals surface area contributed by atoms with E-state index in [1.165, 1.54) is 0 Å². The van der Waals surface area contributed by atoms with Gasteiger partial charge in [-0.25, -0.2) is 13.8 Å². The first kappa shape index (κ1) is 12.7. The van der Waals surface area contributed by atoms with Crippen molar-refractivity contribution in [2.24, 2.45) is 0 Å². The Morgan fingerprint density at radius 1 is 1.67 bits per heavy atom. The van der Waals surface area contributed by atoms with E-state index >= 15 is 0 Å². The first-order valence-electron chi connectivity index (χ1n) is 3.65. The highest BCUT2D eigenvalue weighted by atomic mass is 127. The molecular weight excluding hydrogens is 389 g/mol. The van der Waals surface area contributed by atoms with Crippen LogP contribution < -0.4 is 0 Å². The molecular formula is C7H4BrF2IN2O2. The Kier molecular flexibility index (Phi) is 4.32. The summed E-state index contributed by atoms with van der Waals surface area (Å²) >= 11 is 4.63. The normalized spacial score (nSPS) is 10.7. The monoisotopic (exact) mass is 392 g/mol. The van der Waals surface area contributed by atoms with Crippen molar-refractivity contribution in [3.05, 3.63) is 31.1 Å². The number of halogens is 4. The van der Waals surface area contributed by atoms with Crippen LogP contribution in [-0.2, 0) is 5.33 Å². The molecule has 0 N–H and O–H groups in total. The lowest BCUT2D eigenvalue weighted by Crippen LogP contribution is -2.03. The van der Waals surface area contributed by atoms with Crippen LogP contribution in [0.4, 0.5) is 14.5 Å². The molecule has 0 aliphatic heterocycles. The van der Waals surface area contributed by atoms with Crippen LogP contribution in [0, 0.1) is 13.7 Å². The van der Waals surface area contributed by atoms with Crippen LogP contribution in [0.1, 0.15) is 17.8 Å². The summed E-state index contributed by atoms with van der Waals surface area (Å²) in [6, 6.07) is 1.02. The molecule has 0 aliphatic carbocycles. The maximum Gasteiger partial charge on any atom is 0.304 e. The maximum atomic E-state index is 12.3. The van der Waals surface area contributed by atoms with E-state index in [1.54, 1.807) is 22.6 Å². The van der Waals surface area contributed by atoms with E-state index in [0.717, 1.165) is 6.07 Å². The van der Waals surface area contributed by atoms with E-state index in [0.29, 0.717) is 0 Å². The average molecular weight is 393 g/mol. The summed E-state index contributed by atoms with van der Waals surface area (Å²) in [6.45, 7) is 0. The number of nitro groups is 1. The predicted octanol–water partition coefficient (Wildman–Crippen LogP) is 3.43. The summed E-state index contributed by atoms with van der Waals surface area (Å²) in [5, 5.41) is 10.7. The third-order valence-electron chi connectivity index (χ3n) is 1.57. The summed E-state index contributed by atoms with van der Waals surface area (Å²) in [5.74, 6) is 0. The Balaban J connectivity index is 3.37. The standard InChI is InChI=1S/C7H4BrF2IN2O2/c8-2-5-6(13(14)15)3(11)1-4(12-5)7(9)10/h1,7H,2H2. The van der Waals surface area contributed by atoms with Gasteiger partial charge in [0, 0.05) is 0 Å². The molecule has 0 spiro atoms. The minimum Gasteiger partial charge on any atom is -0.258 e. The van der Waals surface area contributed by atoms with Crippen LogP contribution in [0.2, 0.25) is 0 Å². The summed E-state index contributed by atoms with van der Waals surface area (Å²) in [7, 11) is 0. The second kappa shape index (κ2) is 5.10. The maximum absolute atomic E-state index is 12.3. The minimum absolute atomic E-state index is 0.0159.